The molecule has 0 spiro atoms. The average molecular weight is 465 g/mol. The van der Waals surface area contributed by atoms with E-state index in [0.29, 0.717) is 44.2 Å². The Hall–Kier alpha value is -2.68. The molecule has 9 heteroatoms. The summed E-state index contributed by atoms with van der Waals surface area (Å²) in [7, 11) is -3.50. The lowest BCUT2D eigenvalue weighted by Crippen LogP contribution is -2.49. The second-order valence-electron chi connectivity index (χ2n) is 8.90. The van der Waals surface area contributed by atoms with Crippen LogP contribution in [0.1, 0.15) is 30.1 Å². The van der Waals surface area contributed by atoms with E-state index in [1.807, 2.05) is 0 Å². The number of rotatable bonds is 6. The van der Waals surface area contributed by atoms with Gasteiger partial charge in [0.1, 0.15) is 17.4 Å². The molecule has 1 amide bonds. The number of hydrogen-bond donors (Lipinski definition) is 0. The van der Waals surface area contributed by atoms with Crippen LogP contribution in [0.2, 0.25) is 0 Å². The molecule has 0 bridgehead atoms. The summed E-state index contributed by atoms with van der Waals surface area (Å²) in [5.41, 5.74) is 0.596. The van der Waals surface area contributed by atoms with E-state index in [0.717, 1.165) is 25.2 Å². The first-order chi connectivity index (χ1) is 15.1. The number of ether oxygens (including phenoxy) is 1. The monoisotopic (exact) mass is 464 g/mol. The van der Waals surface area contributed by atoms with Crippen LogP contribution in [0.15, 0.2) is 41.3 Å². The summed E-state index contributed by atoms with van der Waals surface area (Å²) in [6.07, 6.45) is 3.21. The van der Waals surface area contributed by atoms with Gasteiger partial charge in [-0.1, -0.05) is 6.92 Å². The van der Waals surface area contributed by atoms with Crippen LogP contribution in [-0.4, -0.2) is 58.3 Å². The summed E-state index contributed by atoms with van der Waals surface area (Å²) in [6.45, 7) is 3.94. The van der Waals surface area contributed by atoms with Crippen LogP contribution in [0.25, 0.3) is 0 Å². The van der Waals surface area contributed by atoms with E-state index < -0.39 is 21.5 Å². The third-order valence-corrected chi connectivity index (χ3v) is 7.22. The van der Waals surface area contributed by atoms with Gasteiger partial charge in [0.25, 0.3) is 5.91 Å². The molecule has 6 nitrogen and oxygen atoms in total. The summed E-state index contributed by atoms with van der Waals surface area (Å²) in [4.78, 5) is 16.7. The Morgan fingerprint density at radius 2 is 1.75 bits per heavy atom. The summed E-state index contributed by atoms with van der Waals surface area (Å²) >= 11 is 0. The standard InChI is InChI=1S/C23H26F2N2O4S/c1-23(7-8-23)15-31-21-6-4-17(32(2,29)30)14-18(21)22(28)27-11-9-26(10-12-27)20-5-3-16(24)13-19(20)25/h3-6,13-14H,7-12,15H2,1-2H3. The largest absolute Gasteiger partial charge is 0.492 e. The van der Waals surface area contributed by atoms with Gasteiger partial charge in [0.05, 0.1) is 22.8 Å². The molecule has 2 aliphatic rings. The van der Waals surface area contributed by atoms with Gasteiger partial charge >= 0.3 is 0 Å². The summed E-state index contributed by atoms with van der Waals surface area (Å²) in [5.74, 6) is -1.25. The molecule has 0 aromatic heterocycles. The molecule has 2 aromatic rings. The summed E-state index contributed by atoms with van der Waals surface area (Å²) in [6, 6.07) is 7.80. The molecule has 1 aliphatic heterocycles. The molecule has 2 aromatic carbocycles. The zero-order valence-corrected chi connectivity index (χ0v) is 18.9. The number of piperazine rings is 1. The maximum Gasteiger partial charge on any atom is 0.257 e. The highest BCUT2D eigenvalue weighted by atomic mass is 32.2. The highest BCUT2D eigenvalue weighted by molar-refractivity contribution is 7.90. The van der Waals surface area contributed by atoms with Gasteiger partial charge in [-0.25, -0.2) is 17.2 Å². The lowest BCUT2D eigenvalue weighted by atomic mass is 10.1. The van der Waals surface area contributed by atoms with E-state index in [-0.39, 0.29) is 21.8 Å². The predicted molar refractivity (Wildman–Crippen MR) is 117 cm³/mol. The molecule has 4 rings (SSSR count). The Labute approximate surface area is 186 Å². The zero-order chi connectivity index (χ0) is 23.1. The number of carbonyl (C=O) groups is 1. The van der Waals surface area contributed by atoms with E-state index in [2.05, 4.69) is 6.92 Å². The molecule has 172 valence electrons. The van der Waals surface area contributed by atoms with Crippen molar-refractivity contribution in [2.75, 3.05) is 43.9 Å². The third kappa shape index (κ3) is 4.87. The molecular weight excluding hydrogens is 438 g/mol. The molecule has 1 aliphatic carbocycles. The van der Waals surface area contributed by atoms with Crippen molar-refractivity contribution in [3.63, 3.8) is 0 Å². The van der Waals surface area contributed by atoms with E-state index in [1.54, 1.807) is 15.9 Å². The summed E-state index contributed by atoms with van der Waals surface area (Å²) < 4.78 is 57.3. The van der Waals surface area contributed by atoms with Gasteiger partial charge in [0.15, 0.2) is 9.84 Å². The average Bonchev–Trinajstić information content (AvgIpc) is 3.49. The van der Waals surface area contributed by atoms with Gasteiger partial charge in [-0.15, -0.1) is 0 Å². The highest BCUT2D eigenvalue weighted by Gasteiger charge is 2.38. The van der Waals surface area contributed by atoms with Gasteiger partial charge in [-0.05, 0) is 43.2 Å². The Morgan fingerprint density at radius 3 is 2.34 bits per heavy atom. The number of nitrogens with zero attached hydrogens (tertiary/aromatic N) is 2. The molecule has 32 heavy (non-hydrogen) atoms. The minimum absolute atomic E-state index is 0.0536. The van der Waals surface area contributed by atoms with Crippen LogP contribution < -0.4 is 9.64 Å². The van der Waals surface area contributed by atoms with Crippen molar-refractivity contribution in [1.82, 2.24) is 4.90 Å². The SMILES string of the molecule is CC1(COc2ccc(S(C)(=O)=O)cc2C(=O)N2CCN(c3ccc(F)cc3F)CC2)CC1. The Morgan fingerprint density at radius 1 is 1.06 bits per heavy atom. The number of hydrogen-bond acceptors (Lipinski definition) is 5. The number of carbonyl (C=O) groups excluding carboxylic acids is 1. The fourth-order valence-corrected chi connectivity index (χ4v) is 4.35. The molecule has 0 atom stereocenters. The Bertz CT molecular complexity index is 1140. The maximum atomic E-state index is 14.1. The quantitative estimate of drug-likeness (QED) is 0.655. The first-order valence-corrected chi connectivity index (χ1v) is 12.4. The van der Waals surface area contributed by atoms with Crippen LogP contribution >= 0.6 is 0 Å². The molecule has 0 unspecified atom stereocenters. The Kier molecular flexibility index (Phi) is 5.87. The van der Waals surface area contributed by atoms with Crippen LogP contribution in [0, 0.1) is 17.0 Å². The number of benzene rings is 2. The van der Waals surface area contributed by atoms with Gasteiger partial charge < -0.3 is 14.5 Å². The topological polar surface area (TPSA) is 66.9 Å². The normalized spacial score (nSPS) is 17.9. The second kappa shape index (κ2) is 8.35. The zero-order valence-electron chi connectivity index (χ0n) is 18.1. The molecule has 2 fully saturated rings. The van der Waals surface area contributed by atoms with Crippen LogP contribution in [0.3, 0.4) is 0 Å². The van der Waals surface area contributed by atoms with Crippen molar-refractivity contribution in [1.29, 1.82) is 0 Å². The lowest BCUT2D eigenvalue weighted by molar-refractivity contribution is 0.0740. The first-order valence-electron chi connectivity index (χ1n) is 10.5. The molecular formula is C23H26F2N2O4S. The maximum absolute atomic E-state index is 14.1. The minimum Gasteiger partial charge on any atom is -0.492 e. The highest BCUT2D eigenvalue weighted by Crippen LogP contribution is 2.45. The number of sulfone groups is 1. The van der Waals surface area contributed by atoms with E-state index in [4.69, 9.17) is 4.74 Å². The second-order valence-corrected chi connectivity index (χ2v) is 10.9. The molecule has 0 N–H and O–H groups in total. The Balaban J connectivity index is 1.52. The van der Waals surface area contributed by atoms with Crippen molar-refractivity contribution < 1.29 is 26.7 Å². The van der Waals surface area contributed by atoms with Crippen molar-refractivity contribution in [3.05, 3.63) is 53.6 Å². The number of halogens is 2. The summed E-state index contributed by atoms with van der Waals surface area (Å²) in [5, 5.41) is 0. The van der Waals surface area contributed by atoms with Crippen molar-refractivity contribution in [2.45, 2.75) is 24.7 Å². The molecule has 1 saturated heterocycles. The fourth-order valence-electron chi connectivity index (χ4n) is 3.70. The van der Waals surface area contributed by atoms with E-state index >= 15 is 0 Å². The van der Waals surface area contributed by atoms with Crippen molar-refractivity contribution in [2.24, 2.45) is 5.41 Å². The number of amides is 1. The molecule has 1 heterocycles. The lowest BCUT2D eigenvalue weighted by Gasteiger charge is -2.36. The van der Waals surface area contributed by atoms with Crippen LogP contribution in [0.4, 0.5) is 14.5 Å². The minimum atomic E-state index is -3.50. The van der Waals surface area contributed by atoms with Gasteiger partial charge in [-0.2, -0.15) is 0 Å². The third-order valence-electron chi connectivity index (χ3n) is 6.11. The van der Waals surface area contributed by atoms with Crippen LogP contribution in [-0.2, 0) is 9.84 Å². The number of anilines is 1. The molecule has 1 saturated carbocycles. The fraction of sp³-hybridized carbons (Fsp3) is 0.435. The van der Waals surface area contributed by atoms with Gasteiger partial charge in [0.2, 0.25) is 0 Å². The van der Waals surface area contributed by atoms with Gasteiger partial charge in [0, 0.05) is 43.9 Å². The van der Waals surface area contributed by atoms with Crippen molar-refractivity contribution >= 4 is 21.4 Å². The van der Waals surface area contributed by atoms with Gasteiger partial charge in [-0.3, -0.25) is 4.79 Å². The van der Waals surface area contributed by atoms with E-state index in [1.165, 1.54) is 24.3 Å². The smallest absolute Gasteiger partial charge is 0.257 e. The molecule has 0 radical (unpaired) electrons. The first kappa shape index (κ1) is 22.5. The predicted octanol–water partition coefficient (Wildman–Crippen LogP) is 3.51. The van der Waals surface area contributed by atoms with Crippen LogP contribution in [0.5, 0.6) is 5.75 Å². The van der Waals surface area contributed by atoms with E-state index in [9.17, 15) is 22.0 Å². The van der Waals surface area contributed by atoms with Crippen molar-refractivity contribution in [3.8, 4) is 5.75 Å².